The number of hydrogen-bond donors (Lipinski definition) is 3. The number of anilines is 1. The first kappa shape index (κ1) is 15.6. The van der Waals surface area contributed by atoms with E-state index in [0.29, 0.717) is 12.5 Å². The number of aliphatic hydroxyl groups excluding tert-OH is 1. The molecule has 2 rings (SSSR count). The maximum absolute atomic E-state index is 12.0. The van der Waals surface area contributed by atoms with Gasteiger partial charge in [0.25, 0.3) is 0 Å². The summed E-state index contributed by atoms with van der Waals surface area (Å²) in [6.45, 7) is 2.20. The number of pyridine rings is 1. The minimum atomic E-state index is -0.525. The zero-order valence-corrected chi connectivity index (χ0v) is 12.9. The maximum Gasteiger partial charge on any atom is 0.315 e. The fourth-order valence-corrected chi connectivity index (χ4v) is 2.28. The van der Waals surface area contributed by atoms with Crippen LogP contribution in [0.25, 0.3) is 0 Å². The van der Waals surface area contributed by atoms with Gasteiger partial charge in [-0.25, -0.2) is 9.78 Å². The van der Waals surface area contributed by atoms with Gasteiger partial charge in [-0.05, 0) is 37.8 Å². The lowest BCUT2D eigenvalue weighted by molar-refractivity contribution is 0.155. The first-order chi connectivity index (χ1) is 9.94. The number of carbonyl (C=O) groups is 1. The van der Waals surface area contributed by atoms with Gasteiger partial charge in [0.2, 0.25) is 0 Å². The molecular formula is C15H24N4O2. The second-order valence-corrected chi connectivity index (χ2v) is 6.04. The first-order valence-electron chi connectivity index (χ1n) is 7.25. The molecule has 0 aliphatic heterocycles. The van der Waals surface area contributed by atoms with E-state index in [-0.39, 0.29) is 12.6 Å². The zero-order chi connectivity index (χ0) is 15.5. The smallest absolute Gasteiger partial charge is 0.315 e. The van der Waals surface area contributed by atoms with Gasteiger partial charge in [0, 0.05) is 14.1 Å². The van der Waals surface area contributed by atoms with Gasteiger partial charge in [-0.15, -0.1) is 0 Å². The van der Waals surface area contributed by atoms with E-state index in [1.807, 2.05) is 44.1 Å². The Hall–Kier alpha value is -1.82. The number of urea groups is 1. The molecule has 1 aliphatic carbocycles. The Morgan fingerprint density at radius 3 is 2.76 bits per heavy atom. The minimum absolute atomic E-state index is 0.0422. The van der Waals surface area contributed by atoms with Gasteiger partial charge in [0.05, 0.1) is 24.4 Å². The Morgan fingerprint density at radius 1 is 1.48 bits per heavy atom. The van der Waals surface area contributed by atoms with Crippen molar-refractivity contribution in [3.63, 3.8) is 0 Å². The summed E-state index contributed by atoms with van der Waals surface area (Å²) in [6.07, 6.45) is 2.12. The van der Waals surface area contributed by atoms with E-state index in [9.17, 15) is 9.90 Å². The maximum atomic E-state index is 12.0. The van der Waals surface area contributed by atoms with Crippen LogP contribution >= 0.6 is 0 Å². The third-order valence-electron chi connectivity index (χ3n) is 3.89. The number of amides is 2. The highest BCUT2D eigenvalue weighted by molar-refractivity contribution is 5.74. The van der Waals surface area contributed by atoms with Crippen molar-refractivity contribution in [2.75, 3.05) is 25.6 Å². The predicted molar refractivity (Wildman–Crippen MR) is 82.2 cm³/mol. The summed E-state index contributed by atoms with van der Waals surface area (Å²) in [4.78, 5) is 18.3. The molecule has 1 aromatic heterocycles. The average Bonchev–Trinajstić information content (AvgIpc) is 3.30. The molecule has 1 saturated carbocycles. The summed E-state index contributed by atoms with van der Waals surface area (Å²) >= 11 is 0. The van der Waals surface area contributed by atoms with Crippen LogP contribution in [0.15, 0.2) is 18.2 Å². The molecule has 116 valence electrons. The van der Waals surface area contributed by atoms with Crippen molar-refractivity contribution in [3.05, 3.63) is 23.9 Å². The second-order valence-electron chi connectivity index (χ2n) is 6.04. The van der Waals surface area contributed by atoms with Gasteiger partial charge >= 0.3 is 6.03 Å². The van der Waals surface area contributed by atoms with Crippen LogP contribution in [-0.2, 0) is 6.54 Å². The van der Waals surface area contributed by atoms with Crippen molar-refractivity contribution < 1.29 is 9.90 Å². The predicted octanol–water partition coefficient (Wildman–Crippen LogP) is 1.11. The summed E-state index contributed by atoms with van der Waals surface area (Å²) in [5.41, 5.74) is 0.275. The number of rotatable bonds is 6. The van der Waals surface area contributed by atoms with E-state index in [4.69, 9.17) is 0 Å². The van der Waals surface area contributed by atoms with Gasteiger partial charge in [-0.1, -0.05) is 6.07 Å². The number of carbonyl (C=O) groups excluding carboxylic acids is 1. The summed E-state index contributed by atoms with van der Waals surface area (Å²) in [7, 11) is 3.85. The van der Waals surface area contributed by atoms with Crippen molar-refractivity contribution in [2.45, 2.75) is 31.8 Å². The number of hydrogen-bond acceptors (Lipinski definition) is 4. The van der Waals surface area contributed by atoms with Crippen LogP contribution in [0.3, 0.4) is 0 Å². The molecule has 3 N–H and O–H groups in total. The molecule has 0 spiro atoms. The van der Waals surface area contributed by atoms with Crippen molar-refractivity contribution in [1.82, 2.24) is 15.6 Å². The molecule has 1 aromatic rings. The van der Waals surface area contributed by atoms with E-state index in [1.54, 1.807) is 0 Å². The molecule has 0 saturated heterocycles. The normalized spacial score (nSPS) is 17.0. The zero-order valence-electron chi connectivity index (χ0n) is 12.9. The molecule has 1 unspecified atom stereocenters. The monoisotopic (exact) mass is 292 g/mol. The van der Waals surface area contributed by atoms with Gasteiger partial charge in [-0.3, -0.25) is 0 Å². The Balaban J connectivity index is 1.87. The number of aliphatic hydroxyl groups is 1. The molecule has 1 atom stereocenters. The van der Waals surface area contributed by atoms with E-state index < -0.39 is 5.54 Å². The molecule has 21 heavy (non-hydrogen) atoms. The highest BCUT2D eigenvalue weighted by Gasteiger charge is 2.42. The largest absolute Gasteiger partial charge is 0.394 e. The molecule has 1 heterocycles. The van der Waals surface area contributed by atoms with Crippen LogP contribution < -0.4 is 15.5 Å². The Labute approximate surface area is 125 Å². The molecule has 1 aliphatic rings. The van der Waals surface area contributed by atoms with E-state index in [0.717, 1.165) is 24.4 Å². The lowest BCUT2D eigenvalue weighted by Crippen LogP contribution is -2.54. The molecule has 0 aromatic carbocycles. The minimum Gasteiger partial charge on any atom is -0.394 e. The van der Waals surface area contributed by atoms with E-state index in [2.05, 4.69) is 15.6 Å². The van der Waals surface area contributed by atoms with Crippen LogP contribution in [0.5, 0.6) is 0 Å². The quantitative estimate of drug-likeness (QED) is 0.734. The molecule has 1 fully saturated rings. The molecule has 0 bridgehead atoms. The lowest BCUT2D eigenvalue weighted by Gasteiger charge is -2.28. The molecular weight excluding hydrogens is 268 g/mol. The van der Waals surface area contributed by atoms with E-state index >= 15 is 0 Å². The van der Waals surface area contributed by atoms with Gasteiger partial charge in [0.15, 0.2) is 0 Å². The number of nitrogens with one attached hydrogen (secondary N) is 2. The number of aromatic nitrogens is 1. The molecule has 6 nitrogen and oxygen atoms in total. The summed E-state index contributed by atoms with van der Waals surface area (Å²) in [6, 6.07) is 5.44. The van der Waals surface area contributed by atoms with Gasteiger partial charge < -0.3 is 20.6 Å². The Bertz CT molecular complexity index is 502. The fraction of sp³-hybridized carbons (Fsp3) is 0.600. The topological polar surface area (TPSA) is 77.5 Å². The molecule has 0 radical (unpaired) electrons. The Kier molecular flexibility index (Phi) is 4.67. The standard InChI is InChI=1S/C15H24N4O2/c1-15(10-20,11-7-8-11)18-14(21)16-9-12-5-4-6-13(17-12)19(2)3/h4-6,11,20H,7-10H2,1-3H3,(H2,16,18,21). The van der Waals surface area contributed by atoms with Crippen LogP contribution in [0.1, 0.15) is 25.5 Å². The Morgan fingerprint density at radius 2 is 2.19 bits per heavy atom. The van der Waals surface area contributed by atoms with Crippen LogP contribution in [-0.4, -0.2) is 42.4 Å². The third kappa shape index (κ3) is 4.07. The van der Waals surface area contributed by atoms with Crippen LogP contribution in [0, 0.1) is 5.92 Å². The van der Waals surface area contributed by atoms with E-state index in [1.165, 1.54) is 0 Å². The summed E-state index contributed by atoms with van der Waals surface area (Å²) < 4.78 is 0. The van der Waals surface area contributed by atoms with Crippen molar-refractivity contribution in [1.29, 1.82) is 0 Å². The average molecular weight is 292 g/mol. The highest BCUT2D eigenvalue weighted by atomic mass is 16.3. The third-order valence-corrected chi connectivity index (χ3v) is 3.89. The van der Waals surface area contributed by atoms with Crippen molar-refractivity contribution >= 4 is 11.8 Å². The summed E-state index contributed by atoms with van der Waals surface area (Å²) in [5.74, 6) is 1.23. The van der Waals surface area contributed by atoms with Crippen LogP contribution in [0.4, 0.5) is 10.6 Å². The molecule has 6 heteroatoms. The second kappa shape index (κ2) is 6.30. The summed E-state index contributed by atoms with van der Waals surface area (Å²) in [5, 5.41) is 15.1. The highest BCUT2D eigenvalue weighted by Crippen LogP contribution is 2.39. The SMILES string of the molecule is CN(C)c1cccc(CNC(=O)NC(C)(CO)C2CC2)n1. The first-order valence-corrected chi connectivity index (χ1v) is 7.25. The van der Waals surface area contributed by atoms with Crippen LogP contribution in [0.2, 0.25) is 0 Å². The van der Waals surface area contributed by atoms with Gasteiger partial charge in [0.1, 0.15) is 5.82 Å². The van der Waals surface area contributed by atoms with Crippen molar-refractivity contribution in [2.24, 2.45) is 5.92 Å². The van der Waals surface area contributed by atoms with Crippen molar-refractivity contribution in [3.8, 4) is 0 Å². The number of nitrogens with zero attached hydrogens (tertiary/aromatic N) is 2. The van der Waals surface area contributed by atoms with Gasteiger partial charge in [-0.2, -0.15) is 0 Å². The molecule has 2 amide bonds. The fourth-order valence-electron chi connectivity index (χ4n) is 2.28. The lowest BCUT2D eigenvalue weighted by atomic mass is 9.97.